The van der Waals surface area contributed by atoms with E-state index in [4.69, 9.17) is 28.4 Å². The van der Waals surface area contributed by atoms with Gasteiger partial charge in [-0.3, -0.25) is 0 Å². The molecule has 0 unspecified atom stereocenters. The fourth-order valence-corrected chi connectivity index (χ4v) is 8.20. The minimum absolute atomic E-state index is 0.126. The number of anilines is 3. The zero-order valence-corrected chi connectivity index (χ0v) is 35.7. The lowest BCUT2D eigenvalue weighted by molar-refractivity contribution is -0.133. The molecule has 9 rings (SSSR count). The molecule has 3 saturated heterocycles. The van der Waals surface area contributed by atoms with Crippen LogP contribution in [-0.2, 0) is 14.2 Å². The summed E-state index contributed by atoms with van der Waals surface area (Å²) in [5.41, 5.74) is 10.3. The SMILES string of the molecule is CCC1(COc2cccc(-c3ccc(N(c4ccc(-c5cccc(OCC6(CC)COC6)c5)cc4)c4ccc(-c5cccc(OCC6(CC)COC6)c5)cc4)cc3)c2)COC1. The molecule has 0 saturated carbocycles. The average Bonchev–Trinajstić information content (AvgIpc) is 3.27. The third-order valence-electron chi connectivity index (χ3n) is 13.2. The first-order valence-corrected chi connectivity index (χ1v) is 21.9. The molecule has 3 aliphatic heterocycles. The molecule has 3 heterocycles. The minimum atomic E-state index is 0.126. The Kier molecular flexibility index (Phi) is 11.9. The fraction of sp³-hybridized carbons (Fsp3) is 0.333. The van der Waals surface area contributed by atoms with Gasteiger partial charge in [0.2, 0.25) is 0 Å². The van der Waals surface area contributed by atoms with Gasteiger partial charge in [-0.1, -0.05) is 93.6 Å². The third-order valence-corrected chi connectivity index (χ3v) is 13.2. The Labute approximate surface area is 361 Å². The summed E-state index contributed by atoms with van der Waals surface area (Å²) in [5, 5.41) is 0. The Balaban J connectivity index is 0.973. The van der Waals surface area contributed by atoms with Crippen LogP contribution in [0, 0.1) is 16.2 Å². The maximum absolute atomic E-state index is 6.30. The van der Waals surface area contributed by atoms with E-state index < -0.39 is 0 Å². The van der Waals surface area contributed by atoms with Crippen molar-refractivity contribution in [3.8, 4) is 50.6 Å². The van der Waals surface area contributed by atoms with Gasteiger partial charge in [0.1, 0.15) is 17.2 Å². The molecular weight excluding hydrogens is 759 g/mol. The van der Waals surface area contributed by atoms with E-state index in [-0.39, 0.29) is 16.2 Å². The summed E-state index contributed by atoms with van der Waals surface area (Å²) in [7, 11) is 0. The van der Waals surface area contributed by atoms with Gasteiger partial charge in [-0.15, -0.1) is 0 Å². The molecule has 3 aliphatic rings. The van der Waals surface area contributed by atoms with Crippen molar-refractivity contribution in [2.75, 3.05) is 64.4 Å². The number of nitrogens with zero attached hydrogens (tertiary/aromatic N) is 1. The summed E-state index contributed by atoms with van der Waals surface area (Å²) >= 11 is 0. The molecule has 0 amide bonds. The molecule has 0 aromatic heterocycles. The molecule has 0 bridgehead atoms. The molecule has 7 nitrogen and oxygen atoms in total. The number of hydrogen-bond donors (Lipinski definition) is 0. The molecule has 6 aromatic rings. The highest BCUT2D eigenvalue weighted by Gasteiger charge is 2.39. The van der Waals surface area contributed by atoms with Gasteiger partial charge in [0.05, 0.1) is 75.7 Å². The zero-order valence-electron chi connectivity index (χ0n) is 35.7. The largest absolute Gasteiger partial charge is 0.493 e. The van der Waals surface area contributed by atoms with Crippen molar-refractivity contribution in [2.45, 2.75) is 40.0 Å². The highest BCUT2D eigenvalue weighted by atomic mass is 16.5. The lowest BCUT2D eigenvalue weighted by Gasteiger charge is -2.40. The van der Waals surface area contributed by atoms with Crippen LogP contribution in [0.25, 0.3) is 33.4 Å². The second kappa shape index (κ2) is 17.8. The van der Waals surface area contributed by atoms with Gasteiger partial charge in [-0.05, 0) is 125 Å². The molecule has 0 aliphatic carbocycles. The normalized spacial score (nSPS) is 17.0. The Hall–Kier alpha value is -5.60. The Morgan fingerprint density at radius 2 is 0.656 bits per heavy atom. The highest BCUT2D eigenvalue weighted by Crippen LogP contribution is 2.40. The fourth-order valence-electron chi connectivity index (χ4n) is 8.20. The van der Waals surface area contributed by atoms with Crippen molar-refractivity contribution >= 4 is 17.1 Å². The minimum Gasteiger partial charge on any atom is -0.493 e. The van der Waals surface area contributed by atoms with Gasteiger partial charge in [-0.2, -0.15) is 0 Å². The van der Waals surface area contributed by atoms with Crippen LogP contribution in [0.1, 0.15) is 40.0 Å². The first-order chi connectivity index (χ1) is 29.9. The van der Waals surface area contributed by atoms with Crippen LogP contribution < -0.4 is 19.1 Å². The van der Waals surface area contributed by atoms with E-state index in [1.165, 1.54) is 0 Å². The molecular formula is C54H57NO6. The Morgan fingerprint density at radius 3 is 0.885 bits per heavy atom. The van der Waals surface area contributed by atoms with Crippen molar-refractivity contribution in [2.24, 2.45) is 16.2 Å². The molecule has 314 valence electrons. The van der Waals surface area contributed by atoms with Crippen molar-refractivity contribution < 1.29 is 28.4 Å². The molecule has 0 N–H and O–H groups in total. The van der Waals surface area contributed by atoms with Gasteiger partial charge < -0.3 is 33.3 Å². The Bertz CT molecular complexity index is 2090. The summed E-state index contributed by atoms with van der Waals surface area (Å²) < 4.78 is 35.5. The number of rotatable bonds is 18. The molecule has 61 heavy (non-hydrogen) atoms. The summed E-state index contributed by atoms with van der Waals surface area (Å²) in [4.78, 5) is 2.32. The van der Waals surface area contributed by atoms with Crippen LogP contribution >= 0.6 is 0 Å². The van der Waals surface area contributed by atoms with Crippen LogP contribution in [0.3, 0.4) is 0 Å². The molecule has 6 aromatic carbocycles. The number of hydrogen-bond acceptors (Lipinski definition) is 7. The van der Waals surface area contributed by atoms with Gasteiger partial charge in [-0.25, -0.2) is 0 Å². The lowest BCUT2D eigenvalue weighted by Crippen LogP contribution is -2.46. The van der Waals surface area contributed by atoms with E-state index in [1.54, 1.807) is 0 Å². The van der Waals surface area contributed by atoms with Crippen LogP contribution in [0.2, 0.25) is 0 Å². The summed E-state index contributed by atoms with van der Waals surface area (Å²) in [6.07, 6.45) is 3.14. The molecule has 3 fully saturated rings. The highest BCUT2D eigenvalue weighted by molar-refractivity contribution is 5.81. The van der Waals surface area contributed by atoms with Crippen molar-refractivity contribution in [3.05, 3.63) is 146 Å². The zero-order chi connectivity index (χ0) is 41.7. The smallest absolute Gasteiger partial charge is 0.119 e. The summed E-state index contributed by atoms with van der Waals surface area (Å²) in [6.45, 7) is 13.2. The van der Waals surface area contributed by atoms with Gasteiger partial charge in [0.15, 0.2) is 0 Å². The molecule has 0 spiro atoms. The topological polar surface area (TPSA) is 58.6 Å². The second-order valence-electron chi connectivity index (χ2n) is 17.5. The van der Waals surface area contributed by atoms with E-state index in [0.717, 1.165) is 127 Å². The maximum Gasteiger partial charge on any atom is 0.119 e. The van der Waals surface area contributed by atoms with Crippen LogP contribution in [0.4, 0.5) is 17.1 Å². The van der Waals surface area contributed by atoms with Crippen molar-refractivity contribution in [1.82, 2.24) is 0 Å². The maximum atomic E-state index is 6.30. The first kappa shape index (κ1) is 40.8. The first-order valence-electron chi connectivity index (χ1n) is 21.9. The molecule has 7 heteroatoms. The van der Waals surface area contributed by atoms with Gasteiger partial charge in [0.25, 0.3) is 0 Å². The predicted octanol–water partition coefficient (Wildman–Crippen LogP) is 12.6. The average molecular weight is 816 g/mol. The van der Waals surface area contributed by atoms with Crippen LogP contribution in [-0.4, -0.2) is 59.5 Å². The van der Waals surface area contributed by atoms with Gasteiger partial charge >= 0.3 is 0 Å². The standard InChI is InChI=1S/C54H57NO6/c1-4-52(31-56-32-52)37-59-49-13-7-10-43(28-49)40-16-22-46(23-17-40)55(47-24-18-41(19-25-47)44-11-8-14-50(29-44)60-38-53(5-2)33-57-34-53)48-26-20-42(21-27-48)45-12-9-15-51(30-45)61-39-54(6-3)35-58-36-54/h7-30H,4-6,31-39H2,1-3H3. The Morgan fingerprint density at radius 1 is 0.377 bits per heavy atom. The van der Waals surface area contributed by atoms with E-state index >= 15 is 0 Å². The van der Waals surface area contributed by atoms with Gasteiger partial charge in [0, 0.05) is 17.1 Å². The summed E-state index contributed by atoms with van der Waals surface area (Å²) in [6, 6.07) is 51.6. The van der Waals surface area contributed by atoms with E-state index in [1.807, 2.05) is 18.2 Å². The monoisotopic (exact) mass is 815 g/mol. The van der Waals surface area contributed by atoms with E-state index in [9.17, 15) is 0 Å². The third kappa shape index (κ3) is 8.92. The van der Waals surface area contributed by atoms with Crippen LogP contribution in [0.15, 0.2) is 146 Å². The quantitative estimate of drug-likeness (QED) is 0.0856. The predicted molar refractivity (Wildman–Crippen MR) is 245 cm³/mol. The summed E-state index contributed by atoms with van der Waals surface area (Å²) in [5.74, 6) is 2.65. The van der Waals surface area contributed by atoms with Crippen LogP contribution in [0.5, 0.6) is 17.2 Å². The number of ether oxygens (including phenoxy) is 6. The van der Waals surface area contributed by atoms with E-state index in [0.29, 0.717) is 19.8 Å². The van der Waals surface area contributed by atoms with Crippen molar-refractivity contribution in [1.29, 1.82) is 0 Å². The number of benzene rings is 6. The van der Waals surface area contributed by atoms with Crippen molar-refractivity contribution in [3.63, 3.8) is 0 Å². The second-order valence-corrected chi connectivity index (χ2v) is 17.5. The van der Waals surface area contributed by atoms with E-state index in [2.05, 4.69) is 153 Å². The lowest BCUT2D eigenvalue weighted by atomic mass is 9.84. The molecule has 0 atom stereocenters. The molecule has 0 radical (unpaired) electrons.